The summed E-state index contributed by atoms with van der Waals surface area (Å²) in [4.78, 5) is 12.9. The third-order valence-electron chi connectivity index (χ3n) is 3.19. The van der Waals surface area contributed by atoms with Gasteiger partial charge in [-0.2, -0.15) is 0 Å². The fourth-order valence-corrected chi connectivity index (χ4v) is 3.22. The van der Waals surface area contributed by atoms with Gasteiger partial charge in [-0.15, -0.1) is 0 Å². The van der Waals surface area contributed by atoms with E-state index in [-0.39, 0.29) is 17.4 Å². The summed E-state index contributed by atoms with van der Waals surface area (Å²) in [5.74, 6) is 0.395. The summed E-state index contributed by atoms with van der Waals surface area (Å²) in [6.45, 7) is 3.10. The van der Waals surface area contributed by atoms with Gasteiger partial charge < -0.3 is 10.2 Å². The van der Waals surface area contributed by atoms with Crippen LogP contribution in [0.4, 0.5) is 5.69 Å². The van der Waals surface area contributed by atoms with Crippen LogP contribution < -0.4 is 10.2 Å². The normalized spacial score (nSPS) is 18.1. The van der Waals surface area contributed by atoms with E-state index in [1.807, 2.05) is 24.3 Å². The first-order chi connectivity index (χ1) is 8.96. The minimum Gasteiger partial charge on any atom is -0.369 e. The van der Waals surface area contributed by atoms with E-state index in [1.54, 1.807) is 0 Å². The fraction of sp³-hybridized carbons (Fsp3) is 0.462. The Kier molecular flexibility index (Phi) is 4.09. The third kappa shape index (κ3) is 3.96. The molecule has 6 heteroatoms. The van der Waals surface area contributed by atoms with Gasteiger partial charge in [0, 0.05) is 32.2 Å². The fourth-order valence-electron chi connectivity index (χ4n) is 2.02. The number of rotatable bonds is 3. The molecule has 0 aliphatic carbocycles. The van der Waals surface area contributed by atoms with E-state index in [9.17, 15) is 13.2 Å². The van der Waals surface area contributed by atoms with Crippen molar-refractivity contribution in [1.29, 1.82) is 0 Å². The van der Waals surface area contributed by atoms with Crippen molar-refractivity contribution in [1.82, 2.24) is 5.32 Å². The Hall–Kier alpha value is -1.56. The highest BCUT2D eigenvalue weighted by Gasteiger charge is 2.21. The average molecular weight is 282 g/mol. The molecular weight excluding hydrogens is 264 g/mol. The maximum Gasteiger partial charge on any atom is 0.217 e. The highest BCUT2D eigenvalue weighted by atomic mass is 32.2. The van der Waals surface area contributed by atoms with Crippen molar-refractivity contribution in [3.8, 4) is 0 Å². The highest BCUT2D eigenvalue weighted by Crippen LogP contribution is 2.18. The molecular formula is C13H18N2O3S. The van der Waals surface area contributed by atoms with Gasteiger partial charge in [-0.1, -0.05) is 12.1 Å². The van der Waals surface area contributed by atoms with Gasteiger partial charge in [-0.3, -0.25) is 4.79 Å². The van der Waals surface area contributed by atoms with Crippen LogP contribution in [0, 0.1) is 0 Å². The van der Waals surface area contributed by atoms with Crippen LogP contribution in [-0.2, 0) is 21.2 Å². The second kappa shape index (κ2) is 5.61. The summed E-state index contributed by atoms with van der Waals surface area (Å²) in [6, 6.07) is 7.84. The number of hydrogen-bond acceptors (Lipinski definition) is 4. The lowest BCUT2D eigenvalue weighted by Gasteiger charge is -2.28. The molecule has 1 amide bonds. The van der Waals surface area contributed by atoms with Gasteiger partial charge in [-0.25, -0.2) is 8.42 Å². The first-order valence-corrected chi connectivity index (χ1v) is 8.07. The molecule has 5 nitrogen and oxygen atoms in total. The first-order valence-electron chi connectivity index (χ1n) is 6.25. The van der Waals surface area contributed by atoms with E-state index in [4.69, 9.17) is 0 Å². The van der Waals surface area contributed by atoms with Gasteiger partial charge in [0.2, 0.25) is 5.91 Å². The van der Waals surface area contributed by atoms with Gasteiger partial charge >= 0.3 is 0 Å². The topological polar surface area (TPSA) is 66.5 Å². The van der Waals surface area contributed by atoms with Crippen LogP contribution >= 0.6 is 0 Å². The van der Waals surface area contributed by atoms with Crippen LogP contribution in [0.1, 0.15) is 12.5 Å². The minimum atomic E-state index is -2.84. The van der Waals surface area contributed by atoms with Crippen molar-refractivity contribution in [3.05, 3.63) is 29.8 Å². The molecule has 1 aliphatic heterocycles. The monoisotopic (exact) mass is 282 g/mol. The maximum atomic E-state index is 11.4. The number of benzene rings is 1. The minimum absolute atomic E-state index is 0.0506. The molecule has 1 aromatic rings. The number of carbonyl (C=O) groups excluding carboxylic acids is 1. The van der Waals surface area contributed by atoms with E-state index < -0.39 is 9.84 Å². The summed E-state index contributed by atoms with van der Waals surface area (Å²) < 4.78 is 22.7. The summed E-state index contributed by atoms with van der Waals surface area (Å²) in [5, 5.41) is 2.74. The molecule has 2 rings (SSSR count). The number of anilines is 1. The van der Waals surface area contributed by atoms with Crippen molar-refractivity contribution in [2.45, 2.75) is 13.5 Å². The largest absolute Gasteiger partial charge is 0.369 e. The summed E-state index contributed by atoms with van der Waals surface area (Å²) in [5.41, 5.74) is 2.06. The van der Waals surface area contributed by atoms with Crippen LogP contribution in [0.2, 0.25) is 0 Å². The van der Waals surface area contributed by atoms with Crippen molar-refractivity contribution in [2.75, 3.05) is 29.5 Å². The lowest BCUT2D eigenvalue weighted by molar-refractivity contribution is -0.119. The average Bonchev–Trinajstić information content (AvgIpc) is 2.37. The maximum absolute atomic E-state index is 11.4. The van der Waals surface area contributed by atoms with E-state index in [1.165, 1.54) is 6.92 Å². The second-order valence-corrected chi connectivity index (χ2v) is 7.02. The predicted molar refractivity (Wildman–Crippen MR) is 74.8 cm³/mol. The molecule has 0 spiro atoms. The molecule has 1 heterocycles. The molecule has 0 bridgehead atoms. The van der Waals surface area contributed by atoms with Gasteiger partial charge in [0.1, 0.15) is 0 Å². The second-order valence-electron chi connectivity index (χ2n) is 4.72. The van der Waals surface area contributed by atoms with Gasteiger partial charge in [0.15, 0.2) is 9.84 Å². The molecule has 1 N–H and O–H groups in total. The number of hydrogen-bond donors (Lipinski definition) is 1. The molecule has 1 aliphatic rings. The Morgan fingerprint density at radius 2 is 1.79 bits per heavy atom. The lowest BCUT2D eigenvalue weighted by Crippen LogP contribution is -2.40. The zero-order valence-corrected chi connectivity index (χ0v) is 11.7. The smallest absolute Gasteiger partial charge is 0.217 e. The number of nitrogens with one attached hydrogen (secondary N) is 1. The summed E-state index contributed by atoms with van der Waals surface area (Å²) >= 11 is 0. The SMILES string of the molecule is CC(=O)NCc1ccc(N2CCS(=O)(=O)CC2)cc1. The van der Waals surface area contributed by atoms with Gasteiger partial charge in [0.25, 0.3) is 0 Å². The molecule has 0 atom stereocenters. The van der Waals surface area contributed by atoms with Crippen LogP contribution in [0.5, 0.6) is 0 Å². The first kappa shape index (κ1) is 13.9. The van der Waals surface area contributed by atoms with Crippen molar-refractivity contribution < 1.29 is 13.2 Å². The number of sulfone groups is 1. The molecule has 0 radical (unpaired) electrons. The Bertz CT molecular complexity index is 538. The van der Waals surface area contributed by atoms with Crippen LogP contribution in [0.3, 0.4) is 0 Å². The molecule has 1 fully saturated rings. The van der Waals surface area contributed by atoms with E-state index >= 15 is 0 Å². The number of amides is 1. The van der Waals surface area contributed by atoms with Crippen LogP contribution in [-0.4, -0.2) is 38.9 Å². The molecule has 19 heavy (non-hydrogen) atoms. The zero-order valence-electron chi connectivity index (χ0n) is 10.9. The van der Waals surface area contributed by atoms with E-state index in [2.05, 4.69) is 10.2 Å². The van der Waals surface area contributed by atoms with Gasteiger partial charge in [0.05, 0.1) is 11.5 Å². The lowest BCUT2D eigenvalue weighted by atomic mass is 10.2. The Morgan fingerprint density at radius 1 is 1.21 bits per heavy atom. The Morgan fingerprint density at radius 3 is 2.32 bits per heavy atom. The summed E-state index contributed by atoms with van der Waals surface area (Å²) in [6.07, 6.45) is 0. The molecule has 1 saturated heterocycles. The zero-order chi connectivity index (χ0) is 13.9. The van der Waals surface area contributed by atoms with E-state index in [0.717, 1.165) is 11.3 Å². The van der Waals surface area contributed by atoms with Crippen molar-refractivity contribution >= 4 is 21.4 Å². The Labute approximate surface area is 113 Å². The van der Waals surface area contributed by atoms with E-state index in [0.29, 0.717) is 19.6 Å². The molecule has 0 unspecified atom stereocenters. The number of nitrogens with zero attached hydrogens (tertiary/aromatic N) is 1. The molecule has 0 saturated carbocycles. The van der Waals surface area contributed by atoms with Crippen molar-refractivity contribution in [3.63, 3.8) is 0 Å². The van der Waals surface area contributed by atoms with Gasteiger partial charge in [-0.05, 0) is 17.7 Å². The molecule has 104 valence electrons. The standard InChI is InChI=1S/C13H18N2O3S/c1-11(16)14-10-12-2-4-13(5-3-12)15-6-8-19(17,18)9-7-15/h2-5H,6-10H2,1H3,(H,14,16). The van der Waals surface area contributed by atoms with Crippen LogP contribution in [0.15, 0.2) is 24.3 Å². The quantitative estimate of drug-likeness (QED) is 0.879. The highest BCUT2D eigenvalue weighted by molar-refractivity contribution is 7.91. The summed E-state index contributed by atoms with van der Waals surface area (Å²) in [7, 11) is -2.84. The predicted octanol–water partition coefficient (Wildman–Crippen LogP) is 0.557. The van der Waals surface area contributed by atoms with Crippen molar-refractivity contribution in [2.24, 2.45) is 0 Å². The molecule has 1 aromatic carbocycles. The number of carbonyl (C=O) groups is 1. The third-order valence-corrected chi connectivity index (χ3v) is 4.80. The molecule has 0 aromatic heterocycles. The Balaban J connectivity index is 1.97. The van der Waals surface area contributed by atoms with Crippen LogP contribution in [0.25, 0.3) is 0 Å².